The zero-order valence-corrected chi connectivity index (χ0v) is 45.1. The van der Waals surface area contributed by atoms with Crippen molar-refractivity contribution in [3.63, 3.8) is 0 Å². The number of esters is 3. The molecule has 444 valence electrons. The molecule has 27 nitrogen and oxygen atoms in total. The Hall–Kier alpha value is -2.43. The molecule has 0 aromatic heterocycles. The predicted octanol–water partition coefficient (Wildman–Crippen LogP) is -2.87. The Labute approximate surface area is 442 Å². The molecule has 0 aromatic rings. The molecule has 4 rings (SSSR count). The number of methoxy groups -OCH3 is 2. The Morgan fingerprint density at radius 3 is 1.61 bits per heavy atom. The quantitative estimate of drug-likeness (QED) is 0.0213. The number of aliphatic hydroxyl groups excluding tert-OH is 11. The number of rotatable bonds is 28. The minimum absolute atomic E-state index is 0.160. The molecule has 4 fully saturated rings. The summed E-state index contributed by atoms with van der Waals surface area (Å²) in [5, 5.41) is 119. The number of carbonyl (C=O) groups is 3. The second-order valence-corrected chi connectivity index (χ2v) is 20.4. The number of carbonyl (C=O) groups excluding carboxylic acids is 3. The second kappa shape index (κ2) is 30.4. The summed E-state index contributed by atoms with van der Waals surface area (Å²) in [5.41, 5.74) is 0. The highest BCUT2D eigenvalue weighted by atomic mass is 16.8. The van der Waals surface area contributed by atoms with Gasteiger partial charge in [-0.05, 0) is 39.5 Å². The first-order valence-electron chi connectivity index (χ1n) is 26.0. The van der Waals surface area contributed by atoms with Crippen LogP contribution < -0.4 is 0 Å². The van der Waals surface area contributed by atoms with Crippen LogP contribution in [0.25, 0.3) is 0 Å². The SMILES string of the molecule is CC[C@H](C)[C@H](C[C@H](O)CC(=O)O[C@@H]1[C@H](O)[C@@H](O[C@@H]2O[C@@H](C)[C@H](O[C@H](OC)[C@H](O)[C@H](C)OC)[C@@H](O)[C@H]2O)[C@H](OC(C)=O)O[C@@H]1C)OC(=O)C[C@@H](O)C[C@H](O[C@@H]1O[C@@H](CO)[C@H](O)[C@H]1O[C@@H]1O[C@@H](C)[C@@H](O)[C@@H](O)[C@H]1O)[C@@H](C)CC. The molecule has 0 bridgehead atoms. The van der Waals surface area contributed by atoms with Crippen LogP contribution in [-0.2, 0) is 76.0 Å². The van der Waals surface area contributed by atoms with Crippen molar-refractivity contribution >= 4 is 17.9 Å². The Morgan fingerprint density at radius 1 is 0.539 bits per heavy atom. The van der Waals surface area contributed by atoms with E-state index in [1.165, 1.54) is 35.0 Å². The molecule has 0 aliphatic carbocycles. The van der Waals surface area contributed by atoms with Crippen LogP contribution in [0, 0.1) is 11.8 Å². The van der Waals surface area contributed by atoms with Crippen molar-refractivity contribution < 1.29 is 132 Å². The molecule has 4 aliphatic rings. The third-order valence-electron chi connectivity index (χ3n) is 14.6. The van der Waals surface area contributed by atoms with Gasteiger partial charge in [0.1, 0.15) is 73.2 Å². The predicted molar refractivity (Wildman–Crippen MR) is 254 cm³/mol. The number of aliphatic hydroxyl groups is 11. The van der Waals surface area contributed by atoms with Crippen LogP contribution in [0.3, 0.4) is 0 Å². The van der Waals surface area contributed by atoms with Gasteiger partial charge < -0.3 is 118 Å². The van der Waals surface area contributed by atoms with E-state index in [2.05, 4.69) is 0 Å². The fraction of sp³-hybridized carbons (Fsp3) is 0.939. The van der Waals surface area contributed by atoms with Gasteiger partial charge in [0, 0.05) is 34.0 Å². The lowest BCUT2D eigenvalue weighted by molar-refractivity contribution is -0.368. The van der Waals surface area contributed by atoms with Crippen molar-refractivity contribution in [1.29, 1.82) is 0 Å². The van der Waals surface area contributed by atoms with Crippen LogP contribution >= 0.6 is 0 Å². The molecule has 4 saturated heterocycles. The van der Waals surface area contributed by atoms with E-state index in [4.69, 9.17) is 61.6 Å². The van der Waals surface area contributed by atoms with Crippen molar-refractivity contribution in [1.82, 2.24) is 0 Å². The van der Waals surface area contributed by atoms with Crippen molar-refractivity contribution in [2.24, 2.45) is 11.8 Å². The summed E-state index contributed by atoms with van der Waals surface area (Å²) in [6, 6.07) is 0. The van der Waals surface area contributed by atoms with Crippen molar-refractivity contribution in [3.8, 4) is 0 Å². The largest absolute Gasteiger partial charge is 0.462 e. The fourth-order valence-electron chi connectivity index (χ4n) is 9.22. The lowest BCUT2D eigenvalue weighted by atomic mass is 9.94. The van der Waals surface area contributed by atoms with Gasteiger partial charge in [-0.15, -0.1) is 0 Å². The Kier molecular flexibility index (Phi) is 26.4. The van der Waals surface area contributed by atoms with Gasteiger partial charge in [0.2, 0.25) is 6.29 Å². The van der Waals surface area contributed by atoms with Crippen molar-refractivity contribution in [2.45, 2.75) is 260 Å². The van der Waals surface area contributed by atoms with E-state index in [9.17, 15) is 70.6 Å². The Morgan fingerprint density at radius 2 is 1.05 bits per heavy atom. The van der Waals surface area contributed by atoms with E-state index in [1.807, 2.05) is 20.8 Å². The van der Waals surface area contributed by atoms with E-state index in [-0.39, 0.29) is 24.7 Å². The standard InChI is InChI=1S/C49H86O27/c1-12-19(3)28(70-31(54)16-27(53)15-29(20(4)13-2)71-49-43(35(58)30(18-50)72-49)75-46-38(61)36(59)33(56)22(6)66-46)14-26(52)17-32(55)73-42-24(8)68-48(69-25(9)51)44(40(42)63)76-47-39(62)37(60)41(23(7)67-47)74-45(65-11)34(57)21(5)64-10/h19-24,26-30,33-50,52-53,56-63H,12-18H2,1-11H3/t19-,20-,21-,22-,23-,24+,26-,27-,28-,29-,30-,33+,34+,35-,36+,37-,38+,39+,40-,41-,42-,43+,44+,45-,46-,47-,48-,49+/m0/s1. The van der Waals surface area contributed by atoms with Gasteiger partial charge in [-0.3, -0.25) is 14.4 Å². The maximum atomic E-state index is 13.4. The first kappa shape index (κ1) is 66.1. The minimum atomic E-state index is -1.87. The molecule has 0 radical (unpaired) electrons. The molecule has 0 aromatic carbocycles. The van der Waals surface area contributed by atoms with Crippen LogP contribution in [0.4, 0.5) is 0 Å². The zero-order valence-electron chi connectivity index (χ0n) is 45.1. The van der Waals surface area contributed by atoms with E-state index in [0.717, 1.165) is 6.92 Å². The molecular weight excluding hydrogens is 1020 g/mol. The van der Waals surface area contributed by atoms with Crippen molar-refractivity contribution in [2.75, 3.05) is 20.8 Å². The summed E-state index contributed by atoms with van der Waals surface area (Å²) in [5.74, 6) is -3.38. The molecule has 4 aliphatic heterocycles. The van der Waals surface area contributed by atoms with Gasteiger partial charge in [0.15, 0.2) is 37.4 Å². The molecule has 0 spiro atoms. The van der Waals surface area contributed by atoms with Crippen LogP contribution in [0.5, 0.6) is 0 Å². The molecule has 27 heteroatoms. The average molecular weight is 1110 g/mol. The maximum absolute atomic E-state index is 13.4. The third kappa shape index (κ3) is 17.3. The molecule has 76 heavy (non-hydrogen) atoms. The normalized spacial score (nSPS) is 38.7. The Bertz CT molecular complexity index is 1750. The van der Waals surface area contributed by atoms with Gasteiger partial charge in [-0.25, -0.2) is 0 Å². The summed E-state index contributed by atoms with van der Waals surface area (Å²) in [6.07, 6.45) is -36.9. The third-order valence-corrected chi connectivity index (χ3v) is 14.6. The highest BCUT2D eigenvalue weighted by molar-refractivity contribution is 5.71. The Balaban J connectivity index is 1.37. The van der Waals surface area contributed by atoms with E-state index >= 15 is 0 Å². The summed E-state index contributed by atoms with van der Waals surface area (Å²) < 4.78 is 73.7. The maximum Gasteiger partial charge on any atom is 0.308 e. The fourth-order valence-corrected chi connectivity index (χ4v) is 9.22. The smallest absolute Gasteiger partial charge is 0.308 e. The second-order valence-electron chi connectivity index (χ2n) is 20.4. The summed E-state index contributed by atoms with van der Waals surface area (Å²) >= 11 is 0. The van der Waals surface area contributed by atoms with Crippen molar-refractivity contribution in [3.05, 3.63) is 0 Å². The lowest BCUT2D eigenvalue weighted by Gasteiger charge is -2.46. The van der Waals surface area contributed by atoms with Crippen LogP contribution in [0.2, 0.25) is 0 Å². The molecule has 11 N–H and O–H groups in total. The van der Waals surface area contributed by atoms with E-state index in [1.54, 1.807) is 13.8 Å². The number of hydrogen-bond acceptors (Lipinski definition) is 27. The van der Waals surface area contributed by atoms with E-state index in [0.29, 0.717) is 12.8 Å². The van der Waals surface area contributed by atoms with Crippen LogP contribution in [0.1, 0.15) is 101 Å². The first-order chi connectivity index (χ1) is 35.7. The van der Waals surface area contributed by atoms with Crippen LogP contribution in [-0.4, -0.2) is 255 Å². The molecule has 0 saturated carbocycles. The molecule has 28 atom stereocenters. The topological polar surface area (TPSA) is 394 Å². The molecule has 4 heterocycles. The molecule has 0 amide bonds. The minimum Gasteiger partial charge on any atom is -0.462 e. The summed E-state index contributed by atoms with van der Waals surface area (Å²) in [4.78, 5) is 39.0. The first-order valence-corrected chi connectivity index (χ1v) is 26.0. The van der Waals surface area contributed by atoms with Gasteiger partial charge >= 0.3 is 17.9 Å². The lowest BCUT2D eigenvalue weighted by Crippen LogP contribution is -2.64. The van der Waals surface area contributed by atoms with Crippen LogP contribution in [0.15, 0.2) is 0 Å². The molecular formula is C49H86O27. The highest BCUT2D eigenvalue weighted by Crippen LogP contribution is 2.35. The number of hydrogen-bond donors (Lipinski definition) is 11. The van der Waals surface area contributed by atoms with Gasteiger partial charge in [0.05, 0.1) is 62.2 Å². The zero-order chi connectivity index (χ0) is 57.0. The number of ether oxygens (including phenoxy) is 13. The highest BCUT2D eigenvalue weighted by Gasteiger charge is 2.54. The van der Waals surface area contributed by atoms with Gasteiger partial charge in [-0.1, -0.05) is 40.5 Å². The van der Waals surface area contributed by atoms with Gasteiger partial charge in [-0.2, -0.15) is 0 Å². The summed E-state index contributed by atoms with van der Waals surface area (Å²) in [6.45, 7) is 13.5. The summed E-state index contributed by atoms with van der Waals surface area (Å²) in [7, 11) is 2.61. The average Bonchev–Trinajstić information content (AvgIpc) is 3.66. The molecule has 0 unspecified atom stereocenters. The van der Waals surface area contributed by atoms with Gasteiger partial charge in [0.25, 0.3) is 0 Å². The monoisotopic (exact) mass is 1110 g/mol. The van der Waals surface area contributed by atoms with E-state index < -0.39 is 197 Å².